The Morgan fingerprint density at radius 1 is 1.59 bits per heavy atom. The molecule has 0 saturated heterocycles. The van der Waals surface area contributed by atoms with Crippen LogP contribution in [0.3, 0.4) is 0 Å². The Kier molecular flexibility index (Phi) is 5.11. The van der Waals surface area contributed by atoms with Gasteiger partial charge in [-0.25, -0.2) is 4.98 Å². The lowest BCUT2D eigenvalue weighted by Gasteiger charge is -2.14. The Morgan fingerprint density at radius 3 is 2.88 bits per heavy atom. The third-order valence-electron chi connectivity index (χ3n) is 2.36. The Morgan fingerprint density at radius 2 is 2.29 bits per heavy atom. The summed E-state index contributed by atoms with van der Waals surface area (Å²) in [4.78, 5) is 16.3. The predicted octanol–water partition coefficient (Wildman–Crippen LogP) is 2.01. The van der Waals surface area contributed by atoms with E-state index in [1.54, 1.807) is 0 Å². The molecular weight excluding hydrogens is 244 g/mol. The van der Waals surface area contributed by atoms with E-state index in [0.29, 0.717) is 6.54 Å². The van der Waals surface area contributed by atoms with Gasteiger partial charge in [0.25, 0.3) is 0 Å². The molecule has 0 bridgehead atoms. The van der Waals surface area contributed by atoms with Gasteiger partial charge in [-0.2, -0.15) is 0 Å². The van der Waals surface area contributed by atoms with Gasteiger partial charge in [0.2, 0.25) is 5.82 Å². The van der Waals surface area contributed by atoms with Crippen molar-refractivity contribution in [2.24, 2.45) is 0 Å². The van der Waals surface area contributed by atoms with Crippen molar-refractivity contribution in [2.75, 3.05) is 32.0 Å². The van der Waals surface area contributed by atoms with E-state index in [1.165, 1.54) is 12.1 Å². The summed E-state index contributed by atoms with van der Waals surface area (Å²) in [5, 5.41) is 13.9. The van der Waals surface area contributed by atoms with E-state index in [0.717, 1.165) is 13.1 Å². The number of halogens is 1. The summed E-state index contributed by atoms with van der Waals surface area (Å²) in [6, 6.07) is 2.75. The first-order valence-corrected chi connectivity index (χ1v) is 5.65. The average Bonchev–Trinajstić information content (AvgIpc) is 2.28. The average molecular weight is 259 g/mol. The van der Waals surface area contributed by atoms with Crippen LogP contribution in [0.2, 0.25) is 5.15 Å². The molecule has 1 aromatic heterocycles. The van der Waals surface area contributed by atoms with Crippen LogP contribution >= 0.6 is 11.6 Å². The van der Waals surface area contributed by atoms with Crippen LogP contribution in [0.1, 0.15) is 6.92 Å². The van der Waals surface area contributed by atoms with Gasteiger partial charge in [0.05, 0.1) is 4.92 Å². The highest BCUT2D eigenvalue weighted by Crippen LogP contribution is 2.23. The van der Waals surface area contributed by atoms with Crippen LogP contribution < -0.4 is 5.32 Å². The van der Waals surface area contributed by atoms with Gasteiger partial charge >= 0.3 is 5.69 Å². The second-order valence-corrected chi connectivity index (χ2v) is 3.97. The van der Waals surface area contributed by atoms with Gasteiger partial charge in [-0.05, 0) is 19.7 Å². The molecule has 1 N–H and O–H groups in total. The van der Waals surface area contributed by atoms with Gasteiger partial charge in [-0.1, -0.05) is 18.5 Å². The number of rotatable bonds is 6. The van der Waals surface area contributed by atoms with Crippen LogP contribution in [-0.2, 0) is 0 Å². The molecule has 1 aromatic rings. The van der Waals surface area contributed by atoms with Crippen molar-refractivity contribution in [2.45, 2.75) is 6.92 Å². The molecule has 0 spiro atoms. The first-order chi connectivity index (χ1) is 8.04. The normalized spacial score (nSPS) is 10.6. The molecule has 17 heavy (non-hydrogen) atoms. The van der Waals surface area contributed by atoms with Gasteiger partial charge in [-0.3, -0.25) is 10.1 Å². The standard InChI is InChI=1S/C10H15ClN4O2/c1-3-14(2)7-6-12-10-8(15(16)17)4-5-9(11)13-10/h4-5H,3,6-7H2,1-2H3,(H,12,13). The molecule has 0 aliphatic carbocycles. The van der Waals surface area contributed by atoms with Crippen molar-refractivity contribution in [1.82, 2.24) is 9.88 Å². The molecule has 7 heteroatoms. The molecule has 0 radical (unpaired) electrons. The molecule has 6 nitrogen and oxygen atoms in total. The van der Waals surface area contributed by atoms with Crippen molar-refractivity contribution in [3.8, 4) is 0 Å². The van der Waals surface area contributed by atoms with Gasteiger partial charge in [-0.15, -0.1) is 0 Å². The summed E-state index contributed by atoms with van der Waals surface area (Å²) in [5.74, 6) is 0.215. The maximum Gasteiger partial charge on any atom is 0.311 e. The molecule has 0 aromatic carbocycles. The first-order valence-electron chi connectivity index (χ1n) is 5.28. The Hall–Kier alpha value is -1.40. The summed E-state index contributed by atoms with van der Waals surface area (Å²) in [6.07, 6.45) is 0. The van der Waals surface area contributed by atoms with E-state index in [-0.39, 0.29) is 16.7 Å². The van der Waals surface area contributed by atoms with Crippen LogP contribution in [0, 0.1) is 10.1 Å². The molecule has 0 aliphatic heterocycles. The van der Waals surface area contributed by atoms with E-state index in [1.807, 2.05) is 14.0 Å². The number of anilines is 1. The van der Waals surface area contributed by atoms with Crippen molar-refractivity contribution in [3.05, 3.63) is 27.4 Å². The van der Waals surface area contributed by atoms with E-state index in [2.05, 4.69) is 15.2 Å². The van der Waals surface area contributed by atoms with Crippen molar-refractivity contribution in [3.63, 3.8) is 0 Å². The lowest BCUT2D eigenvalue weighted by molar-refractivity contribution is -0.384. The zero-order valence-corrected chi connectivity index (χ0v) is 10.6. The zero-order chi connectivity index (χ0) is 12.8. The number of likely N-dealkylation sites (N-methyl/N-ethyl adjacent to an activating group) is 1. The summed E-state index contributed by atoms with van der Waals surface area (Å²) in [7, 11) is 1.97. The van der Waals surface area contributed by atoms with E-state index < -0.39 is 4.92 Å². The maximum atomic E-state index is 10.8. The number of aromatic nitrogens is 1. The summed E-state index contributed by atoms with van der Waals surface area (Å²) >= 11 is 5.71. The highest BCUT2D eigenvalue weighted by molar-refractivity contribution is 6.29. The summed E-state index contributed by atoms with van der Waals surface area (Å²) in [6.45, 7) is 4.33. The second-order valence-electron chi connectivity index (χ2n) is 3.58. The lowest BCUT2D eigenvalue weighted by atomic mass is 10.4. The van der Waals surface area contributed by atoms with Crippen LogP contribution in [0.5, 0.6) is 0 Å². The van der Waals surface area contributed by atoms with Crippen LogP contribution in [0.15, 0.2) is 12.1 Å². The van der Waals surface area contributed by atoms with Crippen molar-refractivity contribution >= 4 is 23.1 Å². The molecule has 1 rings (SSSR count). The molecular formula is C10H15ClN4O2. The maximum absolute atomic E-state index is 10.8. The molecule has 0 unspecified atom stereocenters. The predicted molar refractivity (Wildman–Crippen MR) is 67.6 cm³/mol. The smallest absolute Gasteiger partial charge is 0.311 e. The quantitative estimate of drug-likeness (QED) is 0.480. The monoisotopic (exact) mass is 258 g/mol. The largest absolute Gasteiger partial charge is 0.363 e. The van der Waals surface area contributed by atoms with Gasteiger partial charge in [0.1, 0.15) is 5.15 Å². The van der Waals surface area contributed by atoms with Crippen molar-refractivity contribution < 1.29 is 4.92 Å². The number of pyridine rings is 1. The molecule has 0 aliphatic rings. The minimum atomic E-state index is -0.477. The zero-order valence-electron chi connectivity index (χ0n) is 9.81. The summed E-state index contributed by atoms with van der Waals surface area (Å²) < 4.78 is 0. The number of nitrogens with one attached hydrogen (secondary N) is 1. The second kappa shape index (κ2) is 6.36. The Labute approximate surface area is 105 Å². The highest BCUT2D eigenvalue weighted by Gasteiger charge is 2.15. The fourth-order valence-electron chi connectivity index (χ4n) is 1.23. The molecule has 94 valence electrons. The lowest BCUT2D eigenvalue weighted by Crippen LogP contribution is -2.25. The number of hydrogen-bond acceptors (Lipinski definition) is 5. The molecule has 0 atom stereocenters. The molecule has 0 amide bonds. The Bertz CT molecular complexity index is 400. The third-order valence-corrected chi connectivity index (χ3v) is 2.57. The van der Waals surface area contributed by atoms with Gasteiger partial charge < -0.3 is 10.2 Å². The molecule has 1 heterocycles. The minimum absolute atomic E-state index is 0.0615. The Balaban J connectivity index is 2.68. The minimum Gasteiger partial charge on any atom is -0.363 e. The molecule has 0 saturated carbocycles. The number of hydrogen-bond donors (Lipinski definition) is 1. The van der Waals surface area contributed by atoms with E-state index >= 15 is 0 Å². The molecule has 0 fully saturated rings. The van der Waals surface area contributed by atoms with Crippen LogP contribution in [0.4, 0.5) is 11.5 Å². The fraction of sp³-hybridized carbons (Fsp3) is 0.500. The van der Waals surface area contributed by atoms with Crippen LogP contribution in [-0.4, -0.2) is 41.5 Å². The van der Waals surface area contributed by atoms with E-state index in [4.69, 9.17) is 11.6 Å². The van der Waals surface area contributed by atoms with Gasteiger partial charge in [0.15, 0.2) is 0 Å². The van der Waals surface area contributed by atoms with Crippen molar-refractivity contribution in [1.29, 1.82) is 0 Å². The summed E-state index contributed by atoms with van der Waals surface area (Å²) in [5.41, 5.74) is -0.0615. The highest BCUT2D eigenvalue weighted by atomic mass is 35.5. The fourth-order valence-corrected chi connectivity index (χ4v) is 1.38. The van der Waals surface area contributed by atoms with E-state index in [9.17, 15) is 10.1 Å². The number of nitro groups is 1. The third kappa shape index (κ3) is 4.16. The number of nitrogens with zero attached hydrogens (tertiary/aromatic N) is 3. The SMILES string of the molecule is CCN(C)CCNc1nc(Cl)ccc1[N+](=O)[O-]. The topological polar surface area (TPSA) is 71.3 Å². The van der Waals surface area contributed by atoms with Crippen LogP contribution in [0.25, 0.3) is 0 Å². The first kappa shape index (κ1) is 13.7. The van der Waals surface area contributed by atoms with Gasteiger partial charge in [0, 0.05) is 19.2 Å².